The third-order valence-corrected chi connectivity index (χ3v) is 6.80. The second-order valence-electron chi connectivity index (χ2n) is 7.73. The first-order valence-corrected chi connectivity index (χ1v) is 11.9. The Hall–Kier alpha value is -2.33. The van der Waals surface area contributed by atoms with E-state index >= 15 is 0 Å². The van der Waals surface area contributed by atoms with Crippen LogP contribution in [0.5, 0.6) is 0 Å². The highest BCUT2D eigenvalue weighted by atomic mass is 32.2. The Morgan fingerprint density at radius 3 is 2.65 bits per heavy atom. The van der Waals surface area contributed by atoms with Crippen molar-refractivity contribution in [3.63, 3.8) is 0 Å². The number of aliphatic hydroxyl groups is 1. The minimum Gasteiger partial charge on any atom is -0.394 e. The maximum atomic E-state index is 12.7. The first-order chi connectivity index (χ1) is 14.9. The van der Waals surface area contributed by atoms with Gasteiger partial charge in [-0.25, -0.2) is 13.1 Å². The van der Waals surface area contributed by atoms with E-state index in [4.69, 9.17) is 4.74 Å². The smallest absolute Gasteiger partial charge is 0.240 e. The monoisotopic (exact) mass is 447 g/mol. The molecule has 0 bridgehead atoms. The Kier molecular flexibility index (Phi) is 8.14. The van der Waals surface area contributed by atoms with Crippen molar-refractivity contribution >= 4 is 15.9 Å². The zero-order valence-corrected chi connectivity index (χ0v) is 18.3. The van der Waals surface area contributed by atoms with E-state index in [9.17, 15) is 18.3 Å². The molecule has 168 valence electrons. The van der Waals surface area contributed by atoms with Crippen LogP contribution in [0, 0.1) is 6.92 Å². The van der Waals surface area contributed by atoms with Crippen LogP contribution in [0.15, 0.2) is 53.6 Å². The molecule has 1 fully saturated rings. The van der Waals surface area contributed by atoms with Crippen molar-refractivity contribution in [2.24, 2.45) is 0 Å². The molecule has 1 aromatic carbocycles. The van der Waals surface area contributed by atoms with Gasteiger partial charge in [-0.2, -0.15) is 0 Å². The number of aliphatic hydroxyl groups excluding tert-OH is 1. The van der Waals surface area contributed by atoms with Gasteiger partial charge in [0.2, 0.25) is 15.9 Å². The van der Waals surface area contributed by atoms with Crippen LogP contribution in [-0.2, 0) is 26.0 Å². The van der Waals surface area contributed by atoms with Gasteiger partial charge in [0, 0.05) is 18.4 Å². The molecule has 3 N–H and O–H groups in total. The second kappa shape index (κ2) is 10.8. The fraction of sp³-hybridized carbons (Fsp3) is 0.455. The van der Waals surface area contributed by atoms with Crippen LogP contribution in [-0.4, -0.2) is 55.8 Å². The van der Waals surface area contributed by atoms with Crippen molar-refractivity contribution in [1.29, 1.82) is 0 Å². The first-order valence-electron chi connectivity index (χ1n) is 10.4. The number of nitrogens with one attached hydrogen (secondary N) is 2. The zero-order valence-electron chi connectivity index (χ0n) is 17.5. The third-order valence-electron chi connectivity index (χ3n) is 5.29. The Balaban J connectivity index is 1.46. The van der Waals surface area contributed by atoms with Crippen molar-refractivity contribution in [3.8, 4) is 0 Å². The van der Waals surface area contributed by atoms with Crippen LogP contribution < -0.4 is 10.0 Å². The molecule has 1 saturated heterocycles. The summed E-state index contributed by atoms with van der Waals surface area (Å²) in [6.45, 7) is 2.04. The number of sulfonamides is 1. The van der Waals surface area contributed by atoms with Crippen molar-refractivity contribution < 1.29 is 23.1 Å². The van der Waals surface area contributed by atoms with E-state index in [1.165, 1.54) is 0 Å². The fourth-order valence-electron chi connectivity index (χ4n) is 3.57. The molecule has 3 atom stereocenters. The van der Waals surface area contributed by atoms with E-state index in [2.05, 4.69) is 15.0 Å². The fourth-order valence-corrected chi connectivity index (χ4v) is 4.86. The number of aryl methyl sites for hydroxylation is 1. The predicted octanol–water partition coefficient (Wildman–Crippen LogP) is 1.33. The zero-order chi connectivity index (χ0) is 22.3. The standard InChI is InChI=1S/C22H29N3O5S/c1-16-5-8-19(9-6-16)31(28,29)25-20-10-7-18(30-21(20)15-26)11-13-24-22(27)14-17-4-2-3-12-23-17/h2-6,8-9,12,18,20-21,25-26H,7,10-11,13-15H2,1H3,(H,24,27)/t18-,20-,21+/m0/s1. The van der Waals surface area contributed by atoms with E-state index in [0.29, 0.717) is 31.5 Å². The van der Waals surface area contributed by atoms with Gasteiger partial charge in [-0.3, -0.25) is 9.78 Å². The maximum absolute atomic E-state index is 12.7. The normalized spacial score (nSPS) is 21.5. The molecule has 31 heavy (non-hydrogen) atoms. The number of hydrogen-bond acceptors (Lipinski definition) is 6. The second-order valence-corrected chi connectivity index (χ2v) is 9.45. The molecule has 0 radical (unpaired) electrons. The number of benzene rings is 1. The van der Waals surface area contributed by atoms with Gasteiger partial charge < -0.3 is 15.2 Å². The molecule has 8 nitrogen and oxygen atoms in total. The molecule has 0 spiro atoms. The Bertz CT molecular complexity index is 951. The molecule has 3 rings (SSSR count). The molecular formula is C22H29N3O5S. The summed E-state index contributed by atoms with van der Waals surface area (Å²) in [5, 5.41) is 12.6. The van der Waals surface area contributed by atoms with Crippen molar-refractivity contribution in [1.82, 2.24) is 15.0 Å². The highest BCUT2D eigenvalue weighted by molar-refractivity contribution is 7.89. The van der Waals surface area contributed by atoms with E-state index < -0.39 is 22.2 Å². The van der Waals surface area contributed by atoms with Gasteiger partial charge in [-0.1, -0.05) is 23.8 Å². The van der Waals surface area contributed by atoms with E-state index in [0.717, 1.165) is 5.56 Å². The average Bonchev–Trinajstić information content (AvgIpc) is 2.75. The summed E-state index contributed by atoms with van der Waals surface area (Å²) in [5.41, 5.74) is 1.68. The lowest BCUT2D eigenvalue weighted by atomic mass is 9.98. The topological polar surface area (TPSA) is 118 Å². The molecule has 0 saturated carbocycles. The molecular weight excluding hydrogens is 418 g/mol. The number of aromatic nitrogens is 1. The molecule has 2 aromatic rings. The van der Waals surface area contributed by atoms with E-state index in [1.807, 2.05) is 13.0 Å². The van der Waals surface area contributed by atoms with Crippen LogP contribution in [0.25, 0.3) is 0 Å². The van der Waals surface area contributed by atoms with Gasteiger partial charge in [-0.05, 0) is 50.5 Å². The first kappa shape index (κ1) is 23.3. The largest absolute Gasteiger partial charge is 0.394 e. The van der Waals surface area contributed by atoms with Crippen LogP contribution in [0.1, 0.15) is 30.5 Å². The summed E-state index contributed by atoms with van der Waals surface area (Å²) >= 11 is 0. The van der Waals surface area contributed by atoms with Gasteiger partial charge in [0.15, 0.2) is 0 Å². The number of carbonyl (C=O) groups excluding carboxylic acids is 1. The number of nitrogens with zero attached hydrogens (tertiary/aromatic N) is 1. The molecule has 2 heterocycles. The minimum atomic E-state index is -3.70. The summed E-state index contributed by atoms with van der Waals surface area (Å²) in [6.07, 6.45) is 2.83. The summed E-state index contributed by atoms with van der Waals surface area (Å²) in [6, 6.07) is 11.5. The maximum Gasteiger partial charge on any atom is 0.240 e. The molecule has 0 aliphatic carbocycles. The number of ether oxygens (including phenoxy) is 1. The van der Waals surface area contributed by atoms with Gasteiger partial charge in [-0.15, -0.1) is 0 Å². The number of pyridine rings is 1. The molecule has 1 aromatic heterocycles. The molecule has 0 unspecified atom stereocenters. The van der Waals surface area contributed by atoms with Gasteiger partial charge in [0.25, 0.3) is 0 Å². The Morgan fingerprint density at radius 2 is 1.97 bits per heavy atom. The van der Waals surface area contributed by atoms with Gasteiger partial charge >= 0.3 is 0 Å². The van der Waals surface area contributed by atoms with Crippen LogP contribution >= 0.6 is 0 Å². The predicted molar refractivity (Wildman–Crippen MR) is 116 cm³/mol. The van der Waals surface area contributed by atoms with Crippen LogP contribution in [0.3, 0.4) is 0 Å². The number of carbonyl (C=O) groups is 1. The highest BCUT2D eigenvalue weighted by Gasteiger charge is 2.33. The lowest BCUT2D eigenvalue weighted by Gasteiger charge is -2.36. The highest BCUT2D eigenvalue weighted by Crippen LogP contribution is 2.23. The number of amides is 1. The minimum absolute atomic E-state index is 0.114. The lowest BCUT2D eigenvalue weighted by Crippen LogP contribution is -2.51. The number of rotatable bonds is 9. The quantitative estimate of drug-likeness (QED) is 0.534. The average molecular weight is 448 g/mol. The Labute approximate surface area is 183 Å². The summed E-state index contributed by atoms with van der Waals surface area (Å²) in [7, 11) is -3.70. The third kappa shape index (κ3) is 6.83. The van der Waals surface area contributed by atoms with Crippen molar-refractivity contribution in [3.05, 3.63) is 59.9 Å². The molecule has 1 amide bonds. The summed E-state index contributed by atoms with van der Waals surface area (Å²) in [4.78, 5) is 16.3. The van der Waals surface area contributed by atoms with E-state index in [1.54, 1.807) is 42.6 Å². The van der Waals surface area contributed by atoms with Gasteiger partial charge in [0.05, 0.1) is 36.2 Å². The Morgan fingerprint density at radius 1 is 1.19 bits per heavy atom. The summed E-state index contributed by atoms with van der Waals surface area (Å²) < 4.78 is 33.9. The molecule has 1 aliphatic heterocycles. The van der Waals surface area contributed by atoms with Crippen molar-refractivity contribution in [2.75, 3.05) is 13.2 Å². The van der Waals surface area contributed by atoms with E-state index in [-0.39, 0.29) is 29.9 Å². The van der Waals surface area contributed by atoms with Crippen LogP contribution in [0.4, 0.5) is 0 Å². The van der Waals surface area contributed by atoms with Crippen molar-refractivity contribution in [2.45, 2.75) is 55.8 Å². The molecule has 1 aliphatic rings. The lowest BCUT2D eigenvalue weighted by molar-refractivity contribution is -0.121. The summed E-state index contributed by atoms with van der Waals surface area (Å²) in [5.74, 6) is -0.114. The molecule has 9 heteroatoms. The SMILES string of the molecule is Cc1ccc(S(=O)(=O)N[C@H]2CC[C@@H](CCNC(=O)Cc3ccccn3)O[C@@H]2CO)cc1. The number of hydrogen-bond donors (Lipinski definition) is 3. The van der Waals surface area contributed by atoms with Gasteiger partial charge in [0.1, 0.15) is 0 Å². The van der Waals surface area contributed by atoms with Crippen LogP contribution in [0.2, 0.25) is 0 Å².